The highest BCUT2D eigenvalue weighted by Crippen LogP contribution is 2.25. The van der Waals surface area contributed by atoms with Gasteiger partial charge in [-0.1, -0.05) is 5.11 Å². The molecular weight excluding hydrogens is 186 g/mol. The monoisotopic (exact) mass is 201 g/mol. The van der Waals surface area contributed by atoms with E-state index in [9.17, 15) is 0 Å². The molecule has 1 aliphatic rings. The van der Waals surface area contributed by atoms with E-state index in [1.165, 1.54) is 0 Å². The number of hydrogen-bond donors (Lipinski definition) is 0. The number of nitrogens with zero attached hydrogens (tertiary/aromatic N) is 3. The van der Waals surface area contributed by atoms with Crippen molar-refractivity contribution in [3.05, 3.63) is 10.4 Å². The third-order valence-corrected chi connectivity index (χ3v) is 2.07. The van der Waals surface area contributed by atoms with E-state index in [0.29, 0.717) is 6.61 Å². The molecule has 0 spiro atoms. The molecule has 1 aliphatic heterocycles. The second-order valence-corrected chi connectivity index (χ2v) is 3.55. The van der Waals surface area contributed by atoms with Crippen LogP contribution in [0.5, 0.6) is 0 Å². The van der Waals surface area contributed by atoms with Gasteiger partial charge in [0, 0.05) is 12.0 Å². The van der Waals surface area contributed by atoms with Crippen LogP contribution in [0.2, 0.25) is 0 Å². The van der Waals surface area contributed by atoms with Gasteiger partial charge in [-0.05, 0) is 19.4 Å². The van der Waals surface area contributed by atoms with Crippen LogP contribution in [0.4, 0.5) is 0 Å². The summed E-state index contributed by atoms with van der Waals surface area (Å²) in [6, 6.07) is 0. The molecule has 0 aromatic heterocycles. The van der Waals surface area contributed by atoms with Crippen LogP contribution >= 0.6 is 0 Å². The van der Waals surface area contributed by atoms with Gasteiger partial charge in [-0.25, -0.2) is 0 Å². The predicted molar refractivity (Wildman–Crippen MR) is 49.7 cm³/mol. The molecule has 0 bridgehead atoms. The molecule has 0 radical (unpaired) electrons. The Morgan fingerprint density at radius 3 is 2.86 bits per heavy atom. The topological polar surface area (TPSA) is 76.5 Å². The maximum Gasteiger partial charge on any atom is 0.163 e. The first kappa shape index (κ1) is 11.3. The van der Waals surface area contributed by atoms with Gasteiger partial charge in [0.05, 0.1) is 19.3 Å². The largest absolute Gasteiger partial charge is 0.379 e. The highest BCUT2D eigenvalue weighted by molar-refractivity contribution is 4.80. The standard InChI is InChI=1S/C8H15N3O3/c1-8(2)13-5-7(14-8)6(12-3)4-10-11-9/h6-7H,4-5H2,1-3H3/t6-,7-/m0/s1. The van der Waals surface area contributed by atoms with Crippen molar-refractivity contribution in [3.8, 4) is 0 Å². The molecular formula is C8H15N3O3. The molecule has 0 aromatic rings. The van der Waals surface area contributed by atoms with Crippen LogP contribution in [0.1, 0.15) is 13.8 Å². The van der Waals surface area contributed by atoms with Crippen molar-refractivity contribution in [3.63, 3.8) is 0 Å². The van der Waals surface area contributed by atoms with E-state index in [4.69, 9.17) is 19.7 Å². The summed E-state index contributed by atoms with van der Waals surface area (Å²) in [5.74, 6) is -0.572. The lowest BCUT2D eigenvalue weighted by molar-refractivity contribution is -0.152. The number of methoxy groups -OCH3 is 1. The maximum absolute atomic E-state index is 8.19. The second-order valence-electron chi connectivity index (χ2n) is 3.55. The van der Waals surface area contributed by atoms with Gasteiger partial charge in [0.25, 0.3) is 0 Å². The van der Waals surface area contributed by atoms with Gasteiger partial charge in [-0.3, -0.25) is 0 Å². The fourth-order valence-electron chi connectivity index (χ4n) is 1.36. The Bertz CT molecular complexity index is 238. The third kappa shape index (κ3) is 2.85. The van der Waals surface area contributed by atoms with Gasteiger partial charge in [0.15, 0.2) is 5.79 Å². The Kier molecular flexibility index (Phi) is 3.71. The fraction of sp³-hybridized carbons (Fsp3) is 1.00. The molecule has 1 saturated heterocycles. The molecule has 1 heterocycles. The first-order valence-corrected chi connectivity index (χ1v) is 4.44. The summed E-state index contributed by atoms with van der Waals surface area (Å²) >= 11 is 0. The average Bonchev–Trinajstić information content (AvgIpc) is 2.48. The summed E-state index contributed by atoms with van der Waals surface area (Å²) < 4.78 is 16.1. The van der Waals surface area contributed by atoms with Crippen molar-refractivity contribution in [1.29, 1.82) is 0 Å². The number of hydrogen-bond acceptors (Lipinski definition) is 4. The highest BCUT2D eigenvalue weighted by atomic mass is 16.7. The van der Waals surface area contributed by atoms with E-state index in [0.717, 1.165) is 0 Å². The minimum absolute atomic E-state index is 0.166. The predicted octanol–water partition coefficient (Wildman–Crippen LogP) is 1.46. The van der Waals surface area contributed by atoms with Crippen LogP contribution in [0.25, 0.3) is 10.4 Å². The molecule has 0 N–H and O–H groups in total. The molecule has 0 saturated carbocycles. The highest BCUT2D eigenvalue weighted by Gasteiger charge is 2.37. The molecule has 0 amide bonds. The van der Waals surface area contributed by atoms with Gasteiger partial charge in [0.1, 0.15) is 6.10 Å². The summed E-state index contributed by atoms with van der Waals surface area (Å²) in [5.41, 5.74) is 8.19. The summed E-state index contributed by atoms with van der Waals surface area (Å²) in [5, 5.41) is 3.46. The van der Waals surface area contributed by atoms with Crippen LogP contribution in [0.15, 0.2) is 5.11 Å². The second kappa shape index (κ2) is 4.61. The van der Waals surface area contributed by atoms with Gasteiger partial charge >= 0.3 is 0 Å². The minimum atomic E-state index is -0.572. The molecule has 6 nitrogen and oxygen atoms in total. The van der Waals surface area contributed by atoms with Crippen LogP contribution in [0.3, 0.4) is 0 Å². The van der Waals surface area contributed by atoms with Crippen LogP contribution in [-0.4, -0.2) is 38.3 Å². The van der Waals surface area contributed by atoms with Gasteiger partial charge in [0.2, 0.25) is 0 Å². The molecule has 1 rings (SSSR count). The van der Waals surface area contributed by atoms with Crippen LogP contribution in [0, 0.1) is 0 Å². The smallest absolute Gasteiger partial charge is 0.163 e. The molecule has 14 heavy (non-hydrogen) atoms. The Labute approximate surface area is 82.8 Å². The Balaban J connectivity index is 2.50. The molecule has 0 aromatic carbocycles. The van der Waals surface area contributed by atoms with Crippen molar-refractivity contribution >= 4 is 0 Å². The van der Waals surface area contributed by atoms with Crippen molar-refractivity contribution in [1.82, 2.24) is 0 Å². The molecule has 6 heteroatoms. The molecule has 2 atom stereocenters. The molecule has 0 unspecified atom stereocenters. The quantitative estimate of drug-likeness (QED) is 0.392. The van der Waals surface area contributed by atoms with Crippen LogP contribution < -0.4 is 0 Å². The third-order valence-electron chi connectivity index (χ3n) is 2.07. The lowest BCUT2D eigenvalue weighted by Crippen LogP contribution is -2.34. The van der Waals surface area contributed by atoms with Gasteiger partial charge in [-0.2, -0.15) is 0 Å². The van der Waals surface area contributed by atoms with E-state index in [-0.39, 0.29) is 18.8 Å². The minimum Gasteiger partial charge on any atom is -0.379 e. The fourth-order valence-corrected chi connectivity index (χ4v) is 1.36. The van der Waals surface area contributed by atoms with Crippen molar-refractivity contribution < 1.29 is 14.2 Å². The van der Waals surface area contributed by atoms with Crippen LogP contribution in [-0.2, 0) is 14.2 Å². The zero-order valence-electron chi connectivity index (χ0n) is 8.64. The summed E-state index contributed by atoms with van der Waals surface area (Å²) in [4.78, 5) is 2.68. The average molecular weight is 201 g/mol. The van der Waals surface area contributed by atoms with Crippen molar-refractivity contribution in [2.45, 2.75) is 31.8 Å². The Morgan fingerprint density at radius 1 is 1.71 bits per heavy atom. The maximum atomic E-state index is 8.19. The summed E-state index contributed by atoms with van der Waals surface area (Å²) in [7, 11) is 1.56. The lowest BCUT2D eigenvalue weighted by atomic mass is 10.2. The van der Waals surface area contributed by atoms with Crippen molar-refractivity contribution in [2.75, 3.05) is 20.3 Å². The number of rotatable bonds is 4. The SMILES string of the molecule is CO[C@@H](CN=[N+]=[N-])[C@@H]1COC(C)(C)O1. The first-order valence-electron chi connectivity index (χ1n) is 4.44. The summed E-state index contributed by atoms with van der Waals surface area (Å²) in [6.45, 7) is 4.41. The zero-order chi connectivity index (χ0) is 10.6. The van der Waals surface area contributed by atoms with E-state index in [1.807, 2.05) is 13.8 Å². The van der Waals surface area contributed by atoms with Gasteiger partial charge in [-0.15, -0.1) is 0 Å². The molecule has 0 aliphatic carbocycles. The normalized spacial score (nSPS) is 26.9. The number of ether oxygens (including phenoxy) is 3. The summed E-state index contributed by atoms with van der Waals surface area (Å²) in [6.07, 6.45) is -0.409. The zero-order valence-corrected chi connectivity index (χ0v) is 8.64. The van der Waals surface area contributed by atoms with E-state index in [1.54, 1.807) is 7.11 Å². The van der Waals surface area contributed by atoms with Gasteiger partial charge < -0.3 is 14.2 Å². The van der Waals surface area contributed by atoms with Crippen molar-refractivity contribution in [2.24, 2.45) is 5.11 Å². The lowest BCUT2D eigenvalue weighted by Gasteiger charge is -2.21. The van der Waals surface area contributed by atoms with E-state index >= 15 is 0 Å². The Morgan fingerprint density at radius 2 is 2.43 bits per heavy atom. The molecule has 1 fully saturated rings. The number of azide groups is 1. The van der Waals surface area contributed by atoms with E-state index in [2.05, 4.69) is 10.0 Å². The van der Waals surface area contributed by atoms with E-state index < -0.39 is 5.79 Å². The first-order chi connectivity index (χ1) is 6.59. The Hall–Kier alpha value is -0.810. The molecule has 80 valence electrons.